The Morgan fingerprint density at radius 3 is 2.54 bits per heavy atom. The fourth-order valence-electron chi connectivity index (χ4n) is 1.13. The number of aldehydes is 1. The summed E-state index contributed by atoms with van der Waals surface area (Å²) >= 11 is 0. The Balaban J connectivity index is 3.00. The number of ether oxygens (including phenoxy) is 2. The van der Waals surface area contributed by atoms with Gasteiger partial charge in [-0.2, -0.15) is 0 Å². The van der Waals surface area contributed by atoms with E-state index >= 15 is 0 Å². The molecule has 0 spiro atoms. The number of Topliss-reactive ketones (excluding diaryl/α,β-unsaturated/α-hetero) is 1. The number of hydrogen-bond acceptors (Lipinski definition) is 4. The molecule has 13 heavy (non-hydrogen) atoms. The third-order valence-electron chi connectivity index (χ3n) is 1.80. The first-order valence-electron chi connectivity index (χ1n) is 3.72. The largest absolute Gasteiger partial charge is 0.493 e. The summed E-state index contributed by atoms with van der Waals surface area (Å²) < 4.78 is 9.67. The van der Waals surface area contributed by atoms with Gasteiger partial charge in [-0.3, -0.25) is 9.59 Å². The molecule has 0 aliphatic heterocycles. The Kier molecular flexibility index (Phi) is 2.97. The number of carbonyl (C=O) groups excluding carboxylic acids is 2. The summed E-state index contributed by atoms with van der Waals surface area (Å²) in [6.07, 6.45) is 2.76. The van der Waals surface area contributed by atoms with Gasteiger partial charge in [0, 0.05) is 12.7 Å². The van der Waals surface area contributed by atoms with Crippen LogP contribution in [0.4, 0.5) is 0 Å². The van der Waals surface area contributed by atoms with Crippen molar-refractivity contribution in [1.82, 2.24) is 0 Å². The van der Waals surface area contributed by atoms with E-state index in [0.29, 0.717) is 11.9 Å². The summed E-state index contributed by atoms with van der Waals surface area (Å²) in [5.41, 5.74) is 0.313. The van der Waals surface area contributed by atoms with Gasteiger partial charge in [0.15, 0.2) is 11.9 Å². The lowest BCUT2D eigenvalue weighted by Crippen LogP contribution is -2.30. The SMILES string of the molecule is COC1=CC=C(C=O)C(OC)C1=O. The van der Waals surface area contributed by atoms with Gasteiger partial charge < -0.3 is 9.47 Å². The van der Waals surface area contributed by atoms with Crippen molar-refractivity contribution in [3.63, 3.8) is 0 Å². The quantitative estimate of drug-likeness (QED) is 0.587. The normalized spacial score (nSPS) is 22.0. The number of hydrogen-bond donors (Lipinski definition) is 0. The summed E-state index contributed by atoms with van der Waals surface area (Å²) in [5.74, 6) is -0.118. The molecule has 0 saturated heterocycles. The predicted molar refractivity (Wildman–Crippen MR) is 45.0 cm³/mol. The van der Waals surface area contributed by atoms with E-state index in [1.807, 2.05) is 0 Å². The van der Waals surface area contributed by atoms with Crippen LogP contribution in [-0.4, -0.2) is 32.4 Å². The van der Waals surface area contributed by atoms with Gasteiger partial charge >= 0.3 is 0 Å². The monoisotopic (exact) mass is 182 g/mol. The number of methoxy groups -OCH3 is 2. The average Bonchev–Trinajstić information content (AvgIpc) is 2.17. The van der Waals surface area contributed by atoms with Crippen molar-refractivity contribution >= 4 is 12.1 Å². The van der Waals surface area contributed by atoms with Gasteiger partial charge in [-0.05, 0) is 12.2 Å². The number of rotatable bonds is 3. The first kappa shape index (κ1) is 9.67. The predicted octanol–water partition coefficient (Wildman–Crippen LogP) is 0.240. The second-order valence-electron chi connectivity index (χ2n) is 2.50. The molecule has 0 heterocycles. The van der Waals surface area contributed by atoms with Crippen LogP contribution in [0, 0.1) is 0 Å². The summed E-state index contributed by atoms with van der Waals surface area (Å²) in [7, 11) is 2.77. The fraction of sp³-hybridized carbons (Fsp3) is 0.333. The Morgan fingerprint density at radius 1 is 1.38 bits per heavy atom. The van der Waals surface area contributed by atoms with Crippen molar-refractivity contribution in [2.45, 2.75) is 6.10 Å². The summed E-state index contributed by atoms with van der Waals surface area (Å²) in [4.78, 5) is 21.9. The van der Waals surface area contributed by atoms with Gasteiger partial charge in [-0.25, -0.2) is 0 Å². The lowest BCUT2D eigenvalue weighted by atomic mass is 10.00. The van der Waals surface area contributed by atoms with Crippen LogP contribution in [0.25, 0.3) is 0 Å². The molecule has 0 fully saturated rings. The lowest BCUT2D eigenvalue weighted by Gasteiger charge is -2.18. The van der Waals surface area contributed by atoms with E-state index in [0.717, 1.165) is 0 Å². The molecule has 0 saturated carbocycles. The molecule has 1 aliphatic carbocycles. The zero-order chi connectivity index (χ0) is 9.84. The minimum absolute atomic E-state index is 0.206. The molecular formula is C9H10O4. The molecule has 4 nitrogen and oxygen atoms in total. The maximum absolute atomic E-state index is 11.4. The second-order valence-corrected chi connectivity index (χ2v) is 2.50. The minimum atomic E-state index is -0.822. The van der Waals surface area contributed by atoms with Gasteiger partial charge in [-0.15, -0.1) is 0 Å². The van der Waals surface area contributed by atoms with Crippen molar-refractivity contribution in [3.05, 3.63) is 23.5 Å². The number of allylic oxidation sites excluding steroid dienone is 2. The van der Waals surface area contributed by atoms with E-state index in [1.54, 1.807) is 0 Å². The van der Waals surface area contributed by atoms with E-state index in [9.17, 15) is 9.59 Å². The molecule has 1 unspecified atom stereocenters. The van der Waals surface area contributed by atoms with E-state index in [2.05, 4.69) is 0 Å². The third kappa shape index (κ3) is 1.67. The number of ketones is 1. The van der Waals surface area contributed by atoms with Crippen LogP contribution in [0.2, 0.25) is 0 Å². The van der Waals surface area contributed by atoms with Crippen molar-refractivity contribution < 1.29 is 19.1 Å². The molecule has 1 aliphatic rings. The Morgan fingerprint density at radius 2 is 2.08 bits per heavy atom. The van der Waals surface area contributed by atoms with Gasteiger partial charge in [0.05, 0.1) is 7.11 Å². The second kappa shape index (κ2) is 4.00. The maximum Gasteiger partial charge on any atom is 0.230 e. The molecule has 70 valence electrons. The van der Waals surface area contributed by atoms with Gasteiger partial charge in [0.25, 0.3) is 0 Å². The lowest BCUT2D eigenvalue weighted by molar-refractivity contribution is -0.127. The average molecular weight is 182 g/mol. The van der Waals surface area contributed by atoms with Crippen molar-refractivity contribution in [2.24, 2.45) is 0 Å². The van der Waals surface area contributed by atoms with Crippen LogP contribution in [0.5, 0.6) is 0 Å². The minimum Gasteiger partial charge on any atom is -0.493 e. The zero-order valence-electron chi connectivity index (χ0n) is 7.44. The van der Waals surface area contributed by atoms with Crippen LogP contribution < -0.4 is 0 Å². The molecule has 0 aromatic carbocycles. The van der Waals surface area contributed by atoms with Crippen molar-refractivity contribution in [2.75, 3.05) is 14.2 Å². The molecular weight excluding hydrogens is 172 g/mol. The van der Waals surface area contributed by atoms with E-state index in [-0.39, 0.29) is 11.5 Å². The summed E-state index contributed by atoms with van der Waals surface area (Å²) in [6.45, 7) is 0. The zero-order valence-corrected chi connectivity index (χ0v) is 7.44. The van der Waals surface area contributed by atoms with E-state index < -0.39 is 6.10 Å². The summed E-state index contributed by atoms with van der Waals surface area (Å²) in [5, 5.41) is 0. The maximum atomic E-state index is 11.4. The van der Waals surface area contributed by atoms with Crippen LogP contribution >= 0.6 is 0 Å². The Bertz CT molecular complexity index is 288. The third-order valence-corrected chi connectivity index (χ3v) is 1.80. The van der Waals surface area contributed by atoms with E-state index in [1.165, 1.54) is 26.4 Å². The van der Waals surface area contributed by atoms with Crippen LogP contribution in [0.3, 0.4) is 0 Å². The molecule has 0 N–H and O–H groups in total. The van der Waals surface area contributed by atoms with Gasteiger partial charge in [0.2, 0.25) is 5.78 Å². The van der Waals surface area contributed by atoms with Crippen LogP contribution in [-0.2, 0) is 19.1 Å². The standard InChI is InChI=1S/C9H10O4/c1-12-7-4-3-6(5-10)9(13-2)8(7)11/h3-5,9H,1-2H3. The van der Waals surface area contributed by atoms with Crippen molar-refractivity contribution in [1.29, 1.82) is 0 Å². The molecule has 0 amide bonds. The Hall–Kier alpha value is -1.42. The fourth-order valence-corrected chi connectivity index (χ4v) is 1.13. The van der Waals surface area contributed by atoms with E-state index in [4.69, 9.17) is 9.47 Å². The highest BCUT2D eigenvalue weighted by atomic mass is 16.5. The topological polar surface area (TPSA) is 52.6 Å². The molecule has 1 rings (SSSR count). The first-order chi connectivity index (χ1) is 6.24. The molecule has 4 heteroatoms. The van der Waals surface area contributed by atoms with Crippen molar-refractivity contribution in [3.8, 4) is 0 Å². The first-order valence-corrected chi connectivity index (χ1v) is 3.72. The van der Waals surface area contributed by atoms with Gasteiger partial charge in [0.1, 0.15) is 6.29 Å². The Labute approximate surface area is 75.8 Å². The molecule has 0 aromatic heterocycles. The van der Waals surface area contributed by atoms with Crippen LogP contribution in [0.1, 0.15) is 0 Å². The molecule has 0 aromatic rings. The van der Waals surface area contributed by atoms with Gasteiger partial charge in [-0.1, -0.05) is 0 Å². The molecule has 1 atom stereocenters. The highest BCUT2D eigenvalue weighted by Crippen LogP contribution is 2.16. The highest BCUT2D eigenvalue weighted by Gasteiger charge is 2.28. The molecule has 0 radical (unpaired) electrons. The number of carbonyl (C=O) groups is 2. The molecule has 0 bridgehead atoms. The summed E-state index contributed by atoms with van der Waals surface area (Å²) in [6, 6.07) is 0. The highest BCUT2D eigenvalue weighted by molar-refractivity contribution is 6.05. The smallest absolute Gasteiger partial charge is 0.230 e. The van der Waals surface area contributed by atoms with Crippen LogP contribution in [0.15, 0.2) is 23.5 Å².